The van der Waals surface area contributed by atoms with Gasteiger partial charge < -0.3 is 4.90 Å². The Hall–Kier alpha value is -6.22. The van der Waals surface area contributed by atoms with E-state index in [2.05, 4.69) is 218 Å². The van der Waals surface area contributed by atoms with Crippen molar-refractivity contribution in [3.8, 4) is 33.4 Å². The van der Waals surface area contributed by atoms with Crippen LogP contribution in [0.5, 0.6) is 0 Å². The van der Waals surface area contributed by atoms with Crippen molar-refractivity contribution in [1.82, 2.24) is 0 Å². The Balaban J connectivity index is 1.20. The highest BCUT2D eigenvalue weighted by atomic mass is 28.3. The van der Waals surface area contributed by atoms with Crippen LogP contribution in [0.4, 0.5) is 17.1 Å². The van der Waals surface area contributed by atoms with Gasteiger partial charge in [-0.25, -0.2) is 0 Å². The van der Waals surface area contributed by atoms with Crippen LogP contribution in [0.3, 0.4) is 0 Å². The predicted molar refractivity (Wildman–Crippen MR) is 226 cm³/mol. The smallest absolute Gasteiger partial charge is 0.113 e. The molecule has 1 heterocycles. The van der Waals surface area contributed by atoms with Crippen LogP contribution in [0.2, 0.25) is 13.1 Å². The van der Waals surface area contributed by atoms with Crippen LogP contribution in [0.1, 0.15) is 22.3 Å². The van der Waals surface area contributed by atoms with E-state index in [0.717, 1.165) is 11.4 Å². The molecule has 0 unspecified atom stereocenters. The standard InChI is InChI=1S/C51H39NSi/c1-53(2)49-27-14-11-24-45(49)46-33-32-42(35-50(46)53)52(40-30-28-37(29-31-40)36-16-5-3-6-17-36)41-21-15-20-39(34-41)51(38-18-7-4-8-19-38)47-25-12-9-22-43(47)44-23-10-13-26-48(44)51/h3-35H,1-2H3. The maximum Gasteiger partial charge on any atom is 0.113 e. The quantitative estimate of drug-likeness (QED) is 0.157. The fourth-order valence-electron chi connectivity index (χ4n) is 9.30. The normalized spacial score (nSPS) is 14.2. The molecule has 0 fully saturated rings. The first-order chi connectivity index (χ1) is 26.0. The van der Waals surface area contributed by atoms with E-state index in [1.54, 1.807) is 0 Å². The predicted octanol–water partition coefficient (Wildman–Crippen LogP) is 12.0. The van der Waals surface area contributed by atoms with Crippen molar-refractivity contribution in [3.63, 3.8) is 0 Å². The Morgan fingerprint density at radius 2 is 0.868 bits per heavy atom. The van der Waals surface area contributed by atoms with Crippen molar-refractivity contribution in [1.29, 1.82) is 0 Å². The number of hydrogen-bond donors (Lipinski definition) is 0. The summed E-state index contributed by atoms with van der Waals surface area (Å²) in [7, 11) is -1.91. The van der Waals surface area contributed by atoms with E-state index in [9.17, 15) is 0 Å². The molecule has 0 spiro atoms. The van der Waals surface area contributed by atoms with Crippen LogP contribution < -0.4 is 15.3 Å². The maximum absolute atomic E-state index is 2.50. The molecule has 10 rings (SSSR count). The average molecular weight is 694 g/mol. The third-order valence-corrected chi connectivity index (χ3v) is 15.3. The van der Waals surface area contributed by atoms with Crippen LogP contribution >= 0.6 is 0 Å². The molecule has 53 heavy (non-hydrogen) atoms. The summed E-state index contributed by atoms with van der Waals surface area (Å²) < 4.78 is 0. The summed E-state index contributed by atoms with van der Waals surface area (Å²) >= 11 is 0. The second-order valence-corrected chi connectivity index (χ2v) is 19.2. The first-order valence-electron chi connectivity index (χ1n) is 18.6. The lowest BCUT2D eigenvalue weighted by atomic mass is 9.67. The van der Waals surface area contributed by atoms with Gasteiger partial charge in [-0.2, -0.15) is 0 Å². The molecule has 2 aliphatic rings. The average Bonchev–Trinajstić information content (AvgIpc) is 3.65. The zero-order chi connectivity index (χ0) is 35.6. The first kappa shape index (κ1) is 31.5. The minimum Gasteiger partial charge on any atom is -0.310 e. The third-order valence-electron chi connectivity index (χ3n) is 11.8. The van der Waals surface area contributed by atoms with E-state index in [1.807, 2.05) is 0 Å². The number of hydrogen-bond acceptors (Lipinski definition) is 1. The Bertz CT molecular complexity index is 2590. The Kier molecular flexibility index (Phi) is 7.25. The summed E-state index contributed by atoms with van der Waals surface area (Å²) in [6.45, 7) is 5.00. The highest BCUT2D eigenvalue weighted by Gasteiger charge is 2.46. The van der Waals surface area contributed by atoms with Crippen LogP contribution in [-0.2, 0) is 5.41 Å². The lowest BCUT2D eigenvalue weighted by Crippen LogP contribution is -2.49. The van der Waals surface area contributed by atoms with Crippen LogP contribution in [0.25, 0.3) is 33.4 Å². The minimum atomic E-state index is -1.91. The highest BCUT2D eigenvalue weighted by molar-refractivity contribution is 7.03. The Morgan fingerprint density at radius 3 is 1.57 bits per heavy atom. The molecular weight excluding hydrogens is 655 g/mol. The van der Waals surface area contributed by atoms with Gasteiger partial charge in [0.1, 0.15) is 8.07 Å². The molecule has 0 bridgehead atoms. The van der Waals surface area contributed by atoms with Gasteiger partial charge in [-0.3, -0.25) is 0 Å². The maximum atomic E-state index is 2.50. The van der Waals surface area contributed by atoms with Crippen molar-refractivity contribution in [2.75, 3.05) is 4.90 Å². The second-order valence-electron chi connectivity index (χ2n) is 14.9. The fraction of sp³-hybridized carbons (Fsp3) is 0.0588. The molecule has 0 saturated carbocycles. The molecule has 2 heteroatoms. The molecule has 0 amide bonds. The molecule has 1 nitrogen and oxygen atoms in total. The molecule has 1 aliphatic heterocycles. The topological polar surface area (TPSA) is 3.24 Å². The van der Waals surface area contributed by atoms with E-state index >= 15 is 0 Å². The lowest BCUT2D eigenvalue weighted by Gasteiger charge is -2.35. The van der Waals surface area contributed by atoms with E-state index in [-0.39, 0.29) is 0 Å². The minimum absolute atomic E-state index is 0.470. The molecule has 1 aliphatic carbocycles. The van der Waals surface area contributed by atoms with Gasteiger partial charge in [0.05, 0.1) is 5.41 Å². The molecule has 0 radical (unpaired) electrons. The van der Waals surface area contributed by atoms with Crippen LogP contribution in [-0.4, -0.2) is 8.07 Å². The van der Waals surface area contributed by atoms with Gasteiger partial charge in [-0.05, 0) is 102 Å². The largest absolute Gasteiger partial charge is 0.310 e. The SMILES string of the molecule is C[Si]1(C)c2ccccc2-c2ccc(N(c3ccc(-c4ccccc4)cc3)c3cccc(C4(c5ccccc5)c5ccccc5-c5ccccc54)c3)cc21. The van der Waals surface area contributed by atoms with Gasteiger partial charge in [0.2, 0.25) is 0 Å². The zero-order valence-electron chi connectivity index (χ0n) is 30.0. The highest BCUT2D eigenvalue weighted by Crippen LogP contribution is 2.56. The zero-order valence-corrected chi connectivity index (χ0v) is 31.0. The fourth-order valence-corrected chi connectivity index (χ4v) is 12.4. The molecule has 0 atom stereocenters. The monoisotopic (exact) mass is 693 g/mol. The second kappa shape index (κ2) is 12.2. The summed E-state index contributed by atoms with van der Waals surface area (Å²) in [6.07, 6.45) is 0. The Labute approximate surface area is 313 Å². The van der Waals surface area contributed by atoms with Crippen molar-refractivity contribution < 1.29 is 0 Å². The Morgan fingerprint density at radius 1 is 0.358 bits per heavy atom. The van der Waals surface area contributed by atoms with Crippen molar-refractivity contribution in [2.24, 2.45) is 0 Å². The van der Waals surface area contributed by atoms with Crippen LogP contribution in [0, 0.1) is 0 Å². The van der Waals surface area contributed by atoms with Gasteiger partial charge in [-0.1, -0.05) is 177 Å². The number of fused-ring (bicyclic) bond motifs is 6. The summed E-state index contributed by atoms with van der Waals surface area (Å²) in [4.78, 5) is 2.47. The molecule has 0 N–H and O–H groups in total. The first-order valence-corrected chi connectivity index (χ1v) is 21.6. The van der Waals surface area contributed by atoms with E-state index < -0.39 is 13.5 Å². The summed E-state index contributed by atoms with van der Waals surface area (Å²) in [5, 5.41) is 3.02. The van der Waals surface area contributed by atoms with E-state index in [0.29, 0.717) is 0 Å². The number of rotatable bonds is 6. The lowest BCUT2D eigenvalue weighted by molar-refractivity contribution is 0.768. The van der Waals surface area contributed by atoms with Crippen molar-refractivity contribution >= 4 is 35.5 Å². The van der Waals surface area contributed by atoms with Gasteiger partial charge >= 0.3 is 0 Å². The number of benzene rings is 8. The third kappa shape index (κ3) is 4.76. The number of anilines is 3. The van der Waals surface area contributed by atoms with E-state index in [1.165, 1.54) is 71.7 Å². The summed E-state index contributed by atoms with van der Waals surface area (Å²) in [5.41, 5.74) is 16.0. The molecule has 252 valence electrons. The molecule has 0 saturated heterocycles. The van der Waals surface area contributed by atoms with Gasteiger partial charge in [0, 0.05) is 17.1 Å². The summed E-state index contributed by atoms with van der Waals surface area (Å²) in [5.74, 6) is 0. The van der Waals surface area contributed by atoms with Crippen molar-refractivity contribution in [2.45, 2.75) is 18.5 Å². The summed E-state index contributed by atoms with van der Waals surface area (Å²) in [6, 6.07) is 74.4. The molecule has 8 aromatic carbocycles. The molecule has 8 aromatic rings. The van der Waals surface area contributed by atoms with Crippen molar-refractivity contribution in [3.05, 3.63) is 222 Å². The number of nitrogens with zero attached hydrogens (tertiary/aromatic N) is 1. The van der Waals surface area contributed by atoms with Gasteiger partial charge in [-0.15, -0.1) is 0 Å². The van der Waals surface area contributed by atoms with Gasteiger partial charge in [0.25, 0.3) is 0 Å². The molecular formula is C51H39NSi. The molecule has 0 aromatic heterocycles. The van der Waals surface area contributed by atoms with Crippen LogP contribution in [0.15, 0.2) is 200 Å². The van der Waals surface area contributed by atoms with Gasteiger partial charge in [0.15, 0.2) is 0 Å². The van der Waals surface area contributed by atoms with E-state index in [4.69, 9.17) is 0 Å².